The number of nitrogens with zero attached hydrogens (tertiary/aromatic N) is 6. The van der Waals surface area contributed by atoms with Crippen LogP contribution in [-0.2, 0) is 20.0 Å². The Hall–Kier alpha value is -2.73. The van der Waals surface area contributed by atoms with Crippen LogP contribution in [0.1, 0.15) is 35.1 Å². The molecule has 0 saturated carbocycles. The molecule has 174 valence electrons. The molecule has 0 bridgehead atoms. The topological polar surface area (TPSA) is 84.9 Å². The van der Waals surface area contributed by atoms with E-state index in [2.05, 4.69) is 62.5 Å². The van der Waals surface area contributed by atoms with Gasteiger partial charge in [0.2, 0.25) is 0 Å². The van der Waals surface area contributed by atoms with Crippen molar-refractivity contribution in [1.82, 2.24) is 35.2 Å². The van der Waals surface area contributed by atoms with Gasteiger partial charge in [0.1, 0.15) is 12.4 Å². The Bertz CT molecular complexity index is 1150. The van der Waals surface area contributed by atoms with Gasteiger partial charge in [-0.3, -0.25) is 0 Å². The molecule has 1 atom stereocenters. The molecule has 0 amide bonds. The predicted octanol–water partition coefficient (Wildman–Crippen LogP) is 4.03. The molecular formula is C23H29IN8S. The lowest BCUT2D eigenvalue weighted by Gasteiger charge is -2.19. The lowest BCUT2D eigenvalue weighted by Crippen LogP contribution is -2.39. The normalized spacial score (nSPS) is 12.3. The molecule has 1 aromatic carbocycles. The van der Waals surface area contributed by atoms with Crippen molar-refractivity contribution >= 4 is 41.3 Å². The van der Waals surface area contributed by atoms with E-state index in [1.54, 1.807) is 17.5 Å². The van der Waals surface area contributed by atoms with Crippen molar-refractivity contribution < 1.29 is 0 Å². The highest BCUT2D eigenvalue weighted by atomic mass is 127. The fourth-order valence-electron chi connectivity index (χ4n) is 3.30. The number of rotatable bonds is 8. The van der Waals surface area contributed by atoms with Crippen LogP contribution in [-0.4, -0.2) is 37.0 Å². The summed E-state index contributed by atoms with van der Waals surface area (Å²) in [5.41, 5.74) is 2.18. The number of halogens is 1. The van der Waals surface area contributed by atoms with Gasteiger partial charge in [0.05, 0.1) is 11.7 Å². The van der Waals surface area contributed by atoms with Crippen molar-refractivity contribution in [3.8, 4) is 5.69 Å². The van der Waals surface area contributed by atoms with E-state index in [-0.39, 0.29) is 30.0 Å². The maximum atomic E-state index is 4.78. The van der Waals surface area contributed by atoms with Gasteiger partial charge in [0.25, 0.3) is 0 Å². The lowest BCUT2D eigenvalue weighted by molar-refractivity contribution is 0.675. The maximum absolute atomic E-state index is 4.78. The highest BCUT2D eigenvalue weighted by Gasteiger charge is 2.11. The Labute approximate surface area is 215 Å². The number of guanidine groups is 1. The fraction of sp³-hybridized carbons (Fsp3) is 0.304. The molecule has 3 heterocycles. The van der Waals surface area contributed by atoms with Crippen molar-refractivity contribution in [1.29, 1.82) is 0 Å². The number of aryl methyl sites for hydroxylation is 1. The van der Waals surface area contributed by atoms with E-state index in [1.165, 1.54) is 4.88 Å². The SMILES string of the molecule is Cc1nnc(CN=C(NCCc2cccs2)NC(C)c2cccc(-n3cccn3)c2)n1C.I. The molecule has 33 heavy (non-hydrogen) atoms. The molecule has 10 heteroatoms. The fourth-order valence-corrected chi connectivity index (χ4v) is 4.01. The minimum Gasteiger partial charge on any atom is -0.356 e. The van der Waals surface area contributed by atoms with Crippen LogP contribution in [0.2, 0.25) is 0 Å². The maximum Gasteiger partial charge on any atom is 0.192 e. The zero-order chi connectivity index (χ0) is 22.3. The van der Waals surface area contributed by atoms with Gasteiger partial charge in [0.15, 0.2) is 11.8 Å². The van der Waals surface area contributed by atoms with Crippen LogP contribution in [0.25, 0.3) is 5.69 Å². The minimum atomic E-state index is 0. The summed E-state index contributed by atoms with van der Waals surface area (Å²) in [6, 6.07) is 14.6. The van der Waals surface area contributed by atoms with Crippen LogP contribution in [0.15, 0.2) is 65.2 Å². The van der Waals surface area contributed by atoms with Gasteiger partial charge in [-0.1, -0.05) is 18.2 Å². The number of aliphatic imine (C=N–C) groups is 1. The van der Waals surface area contributed by atoms with Gasteiger partial charge in [-0.25, -0.2) is 9.67 Å². The summed E-state index contributed by atoms with van der Waals surface area (Å²) in [6.07, 6.45) is 4.68. The molecule has 4 rings (SSSR count). The average Bonchev–Trinajstić information content (AvgIpc) is 3.57. The van der Waals surface area contributed by atoms with E-state index in [0.29, 0.717) is 6.54 Å². The second-order valence-corrected chi connectivity index (χ2v) is 8.59. The van der Waals surface area contributed by atoms with Crippen molar-refractivity contribution in [3.63, 3.8) is 0 Å². The summed E-state index contributed by atoms with van der Waals surface area (Å²) in [5.74, 6) is 2.45. The molecule has 0 fully saturated rings. The molecule has 0 spiro atoms. The molecule has 0 saturated heterocycles. The number of aromatic nitrogens is 5. The molecule has 8 nitrogen and oxygen atoms in total. The van der Waals surface area contributed by atoms with Crippen LogP contribution < -0.4 is 10.6 Å². The Morgan fingerprint density at radius 3 is 2.76 bits per heavy atom. The van der Waals surface area contributed by atoms with E-state index >= 15 is 0 Å². The monoisotopic (exact) mass is 576 g/mol. The molecule has 3 aromatic heterocycles. The molecule has 0 aliphatic carbocycles. The Morgan fingerprint density at radius 1 is 1.18 bits per heavy atom. The van der Waals surface area contributed by atoms with Crippen molar-refractivity contribution in [2.45, 2.75) is 32.9 Å². The van der Waals surface area contributed by atoms with Crippen LogP contribution in [0.5, 0.6) is 0 Å². The lowest BCUT2D eigenvalue weighted by atomic mass is 10.1. The van der Waals surface area contributed by atoms with E-state index < -0.39 is 0 Å². The highest BCUT2D eigenvalue weighted by molar-refractivity contribution is 14.0. The van der Waals surface area contributed by atoms with Crippen LogP contribution in [0, 0.1) is 6.92 Å². The summed E-state index contributed by atoms with van der Waals surface area (Å²) in [5, 5.41) is 21.8. The number of nitrogens with one attached hydrogen (secondary N) is 2. The third-order valence-corrected chi connectivity index (χ3v) is 6.23. The second-order valence-electron chi connectivity index (χ2n) is 7.56. The summed E-state index contributed by atoms with van der Waals surface area (Å²) >= 11 is 1.77. The first-order valence-electron chi connectivity index (χ1n) is 10.6. The van der Waals surface area contributed by atoms with Gasteiger partial charge in [-0.15, -0.1) is 45.5 Å². The third kappa shape index (κ3) is 6.64. The van der Waals surface area contributed by atoms with E-state index in [1.807, 2.05) is 47.6 Å². The van der Waals surface area contributed by atoms with Crippen LogP contribution in [0.4, 0.5) is 0 Å². The summed E-state index contributed by atoms with van der Waals surface area (Å²) in [7, 11) is 1.96. The van der Waals surface area contributed by atoms with E-state index in [4.69, 9.17) is 4.99 Å². The van der Waals surface area contributed by atoms with Gasteiger partial charge in [-0.05, 0) is 55.5 Å². The Kier molecular flexibility index (Phi) is 9.01. The third-order valence-electron chi connectivity index (χ3n) is 5.30. The van der Waals surface area contributed by atoms with Gasteiger partial charge >= 0.3 is 0 Å². The Morgan fingerprint density at radius 2 is 2.06 bits per heavy atom. The molecule has 2 N–H and O–H groups in total. The first-order chi connectivity index (χ1) is 15.6. The van der Waals surface area contributed by atoms with Crippen molar-refractivity contribution in [2.75, 3.05) is 6.54 Å². The number of thiophene rings is 1. The minimum absolute atomic E-state index is 0. The first-order valence-corrected chi connectivity index (χ1v) is 11.5. The average molecular weight is 577 g/mol. The molecule has 0 aliphatic rings. The number of hydrogen-bond donors (Lipinski definition) is 2. The van der Waals surface area contributed by atoms with Gasteiger partial charge < -0.3 is 15.2 Å². The van der Waals surface area contributed by atoms with Crippen LogP contribution in [0.3, 0.4) is 0 Å². The predicted molar refractivity (Wildman–Crippen MR) is 143 cm³/mol. The highest BCUT2D eigenvalue weighted by Crippen LogP contribution is 2.16. The Balaban J connectivity index is 0.00000306. The second kappa shape index (κ2) is 11.9. The van der Waals surface area contributed by atoms with E-state index in [0.717, 1.165) is 41.8 Å². The first kappa shape index (κ1) is 24.9. The molecule has 4 aromatic rings. The summed E-state index contributed by atoms with van der Waals surface area (Å²) in [6.45, 7) is 5.31. The van der Waals surface area contributed by atoms with E-state index in [9.17, 15) is 0 Å². The molecule has 1 unspecified atom stereocenters. The number of hydrogen-bond acceptors (Lipinski definition) is 5. The van der Waals surface area contributed by atoms with Gasteiger partial charge in [-0.2, -0.15) is 5.10 Å². The molecule has 0 radical (unpaired) electrons. The summed E-state index contributed by atoms with van der Waals surface area (Å²) in [4.78, 5) is 6.13. The van der Waals surface area contributed by atoms with Crippen LogP contribution >= 0.6 is 35.3 Å². The van der Waals surface area contributed by atoms with Crippen molar-refractivity contribution in [3.05, 3.63) is 82.3 Å². The number of benzene rings is 1. The summed E-state index contributed by atoms with van der Waals surface area (Å²) < 4.78 is 3.82. The molecule has 0 aliphatic heterocycles. The zero-order valence-electron chi connectivity index (χ0n) is 19.0. The largest absolute Gasteiger partial charge is 0.356 e. The standard InChI is InChI=1S/C23H28N8S.HI/c1-17(19-7-4-8-20(15-19)31-13-6-11-26-31)27-23(24-12-10-21-9-5-14-32-21)25-16-22-29-28-18(2)30(22)3;/h4-9,11,13-15,17H,10,12,16H2,1-3H3,(H2,24,25,27);1H. The molecular weight excluding hydrogens is 547 g/mol. The zero-order valence-corrected chi connectivity index (χ0v) is 22.1. The van der Waals surface area contributed by atoms with Gasteiger partial charge in [0, 0.05) is 30.9 Å². The quantitative estimate of drug-likeness (QED) is 0.188. The van der Waals surface area contributed by atoms with Crippen molar-refractivity contribution in [2.24, 2.45) is 12.0 Å². The smallest absolute Gasteiger partial charge is 0.192 e.